The lowest BCUT2D eigenvalue weighted by Crippen LogP contribution is -2.04. The van der Waals surface area contributed by atoms with Gasteiger partial charge in [-0.1, -0.05) is 54.6 Å². The van der Waals surface area contributed by atoms with Crippen LogP contribution in [-0.4, -0.2) is 13.1 Å². The van der Waals surface area contributed by atoms with Crippen LogP contribution in [0.25, 0.3) is 33.1 Å². The van der Waals surface area contributed by atoms with E-state index in [1.165, 1.54) is 7.11 Å². The number of benzene rings is 3. The van der Waals surface area contributed by atoms with Crippen molar-refractivity contribution in [3.05, 3.63) is 72.3 Å². The number of esters is 1. The number of fused-ring (bicyclic) bond motifs is 3. The van der Waals surface area contributed by atoms with Crippen molar-refractivity contribution >= 4 is 27.9 Å². The second kappa shape index (κ2) is 5.29. The lowest BCUT2D eigenvalue weighted by Gasteiger charge is -2.08. The molecule has 0 bridgehead atoms. The molecule has 0 unspecified atom stereocenters. The van der Waals surface area contributed by atoms with E-state index in [1.807, 2.05) is 66.7 Å². The number of hydrogen-bond donors (Lipinski definition) is 0. The molecule has 0 radical (unpaired) electrons. The van der Waals surface area contributed by atoms with Crippen molar-refractivity contribution in [1.29, 1.82) is 0 Å². The average molecular weight is 302 g/mol. The van der Waals surface area contributed by atoms with Crippen LogP contribution in [-0.2, 0) is 4.74 Å². The molecule has 0 aliphatic carbocycles. The van der Waals surface area contributed by atoms with Gasteiger partial charge in [-0.3, -0.25) is 0 Å². The summed E-state index contributed by atoms with van der Waals surface area (Å²) in [5, 5.41) is 1.91. The van der Waals surface area contributed by atoms with Gasteiger partial charge in [0.1, 0.15) is 11.1 Å². The molecule has 4 aromatic rings. The molecule has 4 rings (SSSR count). The Kier molecular flexibility index (Phi) is 3.12. The van der Waals surface area contributed by atoms with Gasteiger partial charge in [-0.2, -0.15) is 0 Å². The highest BCUT2D eigenvalue weighted by Crippen LogP contribution is 2.36. The molecular weight excluding hydrogens is 288 g/mol. The summed E-state index contributed by atoms with van der Waals surface area (Å²) in [7, 11) is 1.39. The third-order valence-corrected chi connectivity index (χ3v) is 4.02. The summed E-state index contributed by atoms with van der Waals surface area (Å²) in [6.45, 7) is 0. The van der Waals surface area contributed by atoms with Gasteiger partial charge in [0.15, 0.2) is 5.58 Å². The molecule has 0 atom stereocenters. The summed E-state index contributed by atoms with van der Waals surface area (Å²) in [5.41, 5.74) is 3.56. The largest absolute Gasteiger partial charge is 0.465 e. The lowest BCUT2D eigenvalue weighted by molar-refractivity contribution is 0.0602. The first-order chi connectivity index (χ1) is 11.3. The quantitative estimate of drug-likeness (QED) is 0.487. The minimum atomic E-state index is -0.395. The predicted molar refractivity (Wildman–Crippen MR) is 90.5 cm³/mol. The fourth-order valence-electron chi connectivity index (χ4n) is 2.95. The molecule has 0 saturated heterocycles. The maximum Gasteiger partial charge on any atom is 0.342 e. The van der Waals surface area contributed by atoms with Crippen LogP contribution in [0.15, 0.2) is 71.1 Å². The summed E-state index contributed by atoms with van der Waals surface area (Å²) in [6, 6.07) is 21.5. The second-order valence-electron chi connectivity index (χ2n) is 5.32. The van der Waals surface area contributed by atoms with Crippen LogP contribution in [0, 0.1) is 0 Å². The molecule has 0 fully saturated rings. The minimum Gasteiger partial charge on any atom is -0.465 e. The topological polar surface area (TPSA) is 39.4 Å². The maximum absolute atomic E-state index is 12.4. The van der Waals surface area contributed by atoms with Crippen molar-refractivity contribution in [2.75, 3.05) is 7.11 Å². The highest BCUT2D eigenvalue weighted by molar-refractivity contribution is 6.15. The molecule has 0 aliphatic heterocycles. The number of carbonyl (C=O) groups is 1. The molecule has 112 valence electrons. The first kappa shape index (κ1) is 13.6. The zero-order valence-corrected chi connectivity index (χ0v) is 12.6. The van der Waals surface area contributed by atoms with Crippen molar-refractivity contribution in [3.8, 4) is 11.1 Å². The first-order valence-electron chi connectivity index (χ1n) is 7.37. The molecule has 3 heteroatoms. The van der Waals surface area contributed by atoms with Gasteiger partial charge >= 0.3 is 5.97 Å². The monoisotopic (exact) mass is 302 g/mol. The molecule has 1 heterocycles. The van der Waals surface area contributed by atoms with Gasteiger partial charge in [-0.25, -0.2) is 4.79 Å². The Hall–Kier alpha value is -3.07. The van der Waals surface area contributed by atoms with Crippen molar-refractivity contribution in [1.82, 2.24) is 0 Å². The van der Waals surface area contributed by atoms with Crippen LogP contribution in [0.5, 0.6) is 0 Å². The average Bonchev–Trinajstić information content (AvgIpc) is 2.99. The van der Waals surface area contributed by atoms with Gasteiger partial charge in [0.25, 0.3) is 0 Å². The van der Waals surface area contributed by atoms with Crippen LogP contribution in [0.4, 0.5) is 0 Å². The lowest BCUT2D eigenvalue weighted by atomic mass is 9.97. The van der Waals surface area contributed by atoms with E-state index in [1.54, 1.807) is 0 Å². The Morgan fingerprint density at radius 2 is 1.61 bits per heavy atom. The van der Waals surface area contributed by atoms with E-state index in [0.717, 1.165) is 27.5 Å². The first-order valence-corrected chi connectivity index (χ1v) is 7.37. The zero-order valence-electron chi connectivity index (χ0n) is 12.6. The highest BCUT2D eigenvalue weighted by Gasteiger charge is 2.21. The summed E-state index contributed by atoms with van der Waals surface area (Å²) in [5.74, 6) is -0.395. The molecule has 0 amide bonds. The van der Waals surface area contributed by atoms with E-state index in [4.69, 9.17) is 9.15 Å². The van der Waals surface area contributed by atoms with Gasteiger partial charge in [0.2, 0.25) is 0 Å². The zero-order chi connectivity index (χ0) is 15.8. The number of rotatable bonds is 2. The molecule has 0 N–H and O–H groups in total. The van der Waals surface area contributed by atoms with Crippen molar-refractivity contribution < 1.29 is 13.9 Å². The molecule has 1 aromatic heterocycles. The van der Waals surface area contributed by atoms with E-state index in [-0.39, 0.29) is 0 Å². The Bertz CT molecular complexity index is 1010. The summed E-state index contributed by atoms with van der Waals surface area (Å²) >= 11 is 0. The Morgan fingerprint density at radius 1 is 0.870 bits per heavy atom. The molecule has 3 aromatic carbocycles. The summed E-state index contributed by atoms with van der Waals surface area (Å²) in [4.78, 5) is 12.4. The van der Waals surface area contributed by atoms with Crippen LogP contribution in [0.1, 0.15) is 10.4 Å². The van der Waals surface area contributed by atoms with Crippen molar-refractivity contribution in [3.63, 3.8) is 0 Å². The molecule has 3 nitrogen and oxygen atoms in total. The molecule has 23 heavy (non-hydrogen) atoms. The third kappa shape index (κ3) is 2.09. The number of furan rings is 1. The SMILES string of the molecule is COC(=O)c1c(-c2ccccc2)ccc2c1oc1ccccc12. The number of ether oxygens (including phenoxy) is 1. The summed E-state index contributed by atoms with van der Waals surface area (Å²) in [6.07, 6.45) is 0. The Labute approximate surface area is 133 Å². The van der Waals surface area contributed by atoms with E-state index in [0.29, 0.717) is 11.1 Å². The standard InChI is InChI=1S/C20H14O3/c1-22-20(21)18-14(13-7-3-2-4-8-13)11-12-16-15-9-5-6-10-17(15)23-19(16)18/h2-12H,1H3. The number of hydrogen-bond acceptors (Lipinski definition) is 3. The smallest absolute Gasteiger partial charge is 0.342 e. The van der Waals surface area contributed by atoms with Crippen LogP contribution < -0.4 is 0 Å². The van der Waals surface area contributed by atoms with Crippen LogP contribution in [0.2, 0.25) is 0 Å². The number of methoxy groups -OCH3 is 1. The normalized spacial score (nSPS) is 11.0. The van der Waals surface area contributed by atoms with E-state index in [9.17, 15) is 4.79 Å². The Morgan fingerprint density at radius 3 is 2.39 bits per heavy atom. The maximum atomic E-state index is 12.4. The minimum absolute atomic E-state index is 0.395. The van der Waals surface area contributed by atoms with Gasteiger partial charge in [0.05, 0.1) is 7.11 Å². The van der Waals surface area contributed by atoms with Gasteiger partial charge in [-0.15, -0.1) is 0 Å². The summed E-state index contributed by atoms with van der Waals surface area (Å²) < 4.78 is 11.0. The molecule has 0 spiro atoms. The van der Waals surface area contributed by atoms with Gasteiger partial charge in [0, 0.05) is 16.3 Å². The Balaban J connectivity index is 2.12. The van der Waals surface area contributed by atoms with E-state index in [2.05, 4.69) is 0 Å². The molecule has 0 aliphatic rings. The van der Waals surface area contributed by atoms with E-state index < -0.39 is 5.97 Å². The van der Waals surface area contributed by atoms with E-state index >= 15 is 0 Å². The van der Waals surface area contributed by atoms with Crippen LogP contribution in [0.3, 0.4) is 0 Å². The highest BCUT2D eigenvalue weighted by atomic mass is 16.5. The van der Waals surface area contributed by atoms with Gasteiger partial charge in [-0.05, 0) is 17.7 Å². The van der Waals surface area contributed by atoms with Crippen LogP contribution >= 0.6 is 0 Å². The fraction of sp³-hybridized carbons (Fsp3) is 0.0500. The second-order valence-corrected chi connectivity index (χ2v) is 5.32. The molecule has 0 saturated carbocycles. The fourth-order valence-corrected chi connectivity index (χ4v) is 2.95. The predicted octanol–water partition coefficient (Wildman–Crippen LogP) is 5.04. The van der Waals surface area contributed by atoms with Gasteiger partial charge < -0.3 is 9.15 Å². The third-order valence-electron chi connectivity index (χ3n) is 4.02. The number of para-hydroxylation sites is 1. The van der Waals surface area contributed by atoms with Crippen molar-refractivity contribution in [2.24, 2.45) is 0 Å². The number of carbonyl (C=O) groups excluding carboxylic acids is 1. The molecular formula is C20H14O3. The van der Waals surface area contributed by atoms with Crippen molar-refractivity contribution in [2.45, 2.75) is 0 Å².